The van der Waals surface area contributed by atoms with Crippen molar-refractivity contribution in [1.29, 1.82) is 0 Å². The van der Waals surface area contributed by atoms with Crippen molar-refractivity contribution in [3.05, 3.63) is 41.0 Å². The molecule has 2 aliphatic heterocycles. The van der Waals surface area contributed by atoms with Gasteiger partial charge in [-0.1, -0.05) is 6.07 Å². The second kappa shape index (κ2) is 9.61. The number of aryl methyl sites for hydroxylation is 1. The molecule has 10 heteroatoms. The highest BCUT2D eigenvalue weighted by Gasteiger charge is 2.43. The zero-order valence-electron chi connectivity index (χ0n) is 19.5. The molecule has 1 aromatic heterocycles. The third-order valence-corrected chi connectivity index (χ3v) is 7.68. The number of anilines is 1. The van der Waals surface area contributed by atoms with Gasteiger partial charge in [0, 0.05) is 44.5 Å². The van der Waals surface area contributed by atoms with Gasteiger partial charge in [0.25, 0.3) is 0 Å². The summed E-state index contributed by atoms with van der Waals surface area (Å²) in [5, 5.41) is 10.5. The maximum atomic E-state index is 14.4. The maximum absolute atomic E-state index is 14.4. The molecule has 190 valence electrons. The number of nitrogens with zero attached hydrogens (tertiary/aromatic N) is 3. The van der Waals surface area contributed by atoms with Crippen LogP contribution in [0.4, 0.5) is 27.8 Å². The summed E-state index contributed by atoms with van der Waals surface area (Å²) in [5.41, 5.74) is -1.67. The first-order valence-corrected chi connectivity index (χ1v) is 12.2. The van der Waals surface area contributed by atoms with Gasteiger partial charge < -0.3 is 15.0 Å². The molecule has 5 nitrogen and oxygen atoms in total. The molecule has 3 heterocycles. The quantitative estimate of drug-likeness (QED) is 0.570. The first kappa shape index (κ1) is 24.4. The average Bonchev–Trinajstić information content (AvgIpc) is 3.36. The van der Waals surface area contributed by atoms with Crippen molar-refractivity contribution in [2.45, 2.75) is 44.8 Å². The minimum absolute atomic E-state index is 0.0617. The molecule has 2 saturated heterocycles. The van der Waals surface area contributed by atoms with E-state index in [9.17, 15) is 22.0 Å². The number of aromatic nitrogens is 2. The largest absolute Gasteiger partial charge is 0.420 e. The van der Waals surface area contributed by atoms with Crippen LogP contribution in [-0.2, 0) is 10.9 Å². The number of benzene rings is 1. The molecule has 3 aliphatic rings. The topological polar surface area (TPSA) is 50.3 Å². The molecular formula is C25H29F5N4O. The SMILES string of the molecule is Cc1ccc(-c2cc(C(F)(F)F)c(NC3C[C@@H]4CN(CC5CCOCC5)C[C@@H]4C3)nn2)c(F)c1F. The van der Waals surface area contributed by atoms with Gasteiger partial charge in [0.15, 0.2) is 17.5 Å². The molecule has 1 unspecified atom stereocenters. The zero-order chi connectivity index (χ0) is 24.7. The first-order valence-electron chi connectivity index (χ1n) is 12.2. The highest BCUT2D eigenvalue weighted by atomic mass is 19.4. The second-order valence-corrected chi connectivity index (χ2v) is 10.2. The fourth-order valence-electron chi connectivity index (χ4n) is 5.84. The lowest BCUT2D eigenvalue weighted by Crippen LogP contribution is -2.32. The molecular weight excluding hydrogens is 467 g/mol. The highest BCUT2D eigenvalue weighted by molar-refractivity contribution is 5.63. The molecule has 0 spiro atoms. The van der Waals surface area contributed by atoms with Gasteiger partial charge in [-0.15, -0.1) is 10.2 Å². The van der Waals surface area contributed by atoms with Crippen molar-refractivity contribution in [1.82, 2.24) is 15.1 Å². The molecule has 1 aliphatic carbocycles. The fraction of sp³-hybridized carbons (Fsp3) is 0.600. The molecule has 1 aromatic carbocycles. The average molecular weight is 497 g/mol. The van der Waals surface area contributed by atoms with Crippen molar-refractivity contribution in [3.8, 4) is 11.3 Å². The van der Waals surface area contributed by atoms with Gasteiger partial charge in [0.2, 0.25) is 0 Å². The molecule has 2 aromatic rings. The summed E-state index contributed by atoms with van der Waals surface area (Å²) in [6, 6.07) is 3.13. The van der Waals surface area contributed by atoms with Gasteiger partial charge >= 0.3 is 6.18 Å². The Hall–Kier alpha value is -2.33. The van der Waals surface area contributed by atoms with Gasteiger partial charge in [-0.3, -0.25) is 0 Å². The van der Waals surface area contributed by atoms with E-state index in [-0.39, 0.29) is 28.7 Å². The number of likely N-dealkylation sites (tertiary alicyclic amines) is 1. The predicted octanol–water partition coefficient (Wildman–Crippen LogP) is 5.30. The Bertz CT molecular complexity index is 1060. The Labute approximate surface area is 201 Å². The van der Waals surface area contributed by atoms with E-state index in [1.165, 1.54) is 19.1 Å². The van der Waals surface area contributed by atoms with Crippen LogP contribution in [0.5, 0.6) is 0 Å². The molecule has 1 saturated carbocycles. The third-order valence-electron chi connectivity index (χ3n) is 7.68. The van der Waals surface area contributed by atoms with Crippen LogP contribution in [-0.4, -0.2) is 54.0 Å². The van der Waals surface area contributed by atoms with Crippen LogP contribution in [0.1, 0.15) is 36.8 Å². The molecule has 3 atom stereocenters. The van der Waals surface area contributed by atoms with E-state index in [0.29, 0.717) is 17.8 Å². The zero-order valence-corrected chi connectivity index (χ0v) is 19.5. The summed E-state index contributed by atoms with van der Waals surface area (Å²) >= 11 is 0. The normalized spacial score (nSPS) is 25.7. The smallest absolute Gasteiger partial charge is 0.381 e. The Balaban J connectivity index is 1.28. The van der Waals surface area contributed by atoms with Gasteiger partial charge in [0.1, 0.15) is 5.56 Å². The van der Waals surface area contributed by atoms with Crippen molar-refractivity contribution in [3.63, 3.8) is 0 Å². The van der Waals surface area contributed by atoms with E-state index < -0.39 is 23.4 Å². The Morgan fingerprint density at radius 2 is 1.71 bits per heavy atom. The number of fused-ring (bicyclic) bond motifs is 1. The summed E-state index contributed by atoms with van der Waals surface area (Å²) in [5.74, 6) is -1.16. The molecule has 0 bridgehead atoms. The highest BCUT2D eigenvalue weighted by Crippen LogP contribution is 2.42. The van der Waals surface area contributed by atoms with Crippen LogP contribution in [0.15, 0.2) is 18.2 Å². The molecule has 35 heavy (non-hydrogen) atoms. The van der Waals surface area contributed by atoms with E-state index in [2.05, 4.69) is 20.4 Å². The summed E-state index contributed by atoms with van der Waals surface area (Å²) < 4.78 is 75.4. The summed E-state index contributed by atoms with van der Waals surface area (Å²) in [6.07, 6.45) is -1.00. The minimum atomic E-state index is -4.72. The fourth-order valence-corrected chi connectivity index (χ4v) is 5.84. The van der Waals surface area contributed by atoms with E-state index in [1.54, 1.807) is 0 Å². The number of hydrogen-bond donors (Lipinski definition) is 1. The van der Waals surface area contributed by atoms with Gasteiger partial charge in [-0.25, -0.2) is 8.78 Å². The van der Waals surface area contributed by atoms with Crippen molar-refractivity contribution >= 4 is 5.82 Å². The number of nitrogens with one attached hydrogen (secondary N) is 1. The van der Waals surface area contributed by atoms with Crippen molar-refractivity contribution < 1.29 is 26.7 Å². The van der Waals surface area contributed by atoms with Crippen LogP contribution in [0, 0.1) is 36.3 Å². The monoisotopic (exact) mass is 496 g/mol. The Morgan fingerprint density at radius 3 is 2.37 bits per heavy atom. The molecule has 0 radical (unpaired) electrons. The van der Waals surface area contributed by atoms with Crippen LogP contribution in [0.25, 0.3) is 11.3 Å². The summed E-state index contributed by atoms with van der Waals surface area (Å²) in [4.78, 5) is 2.49. The van der Waals surface area contributed by atoms with Crippen LogP contribution in [0.3, 0.4) is 0 Å². The number of rotatable bonds is 5. The van der Waals surface area contributed by atoms with Crippen LogP contribution in [0.2, 0.25) is 0 Å². The number of hydrogen-bond acceptors (Lipinski definition) is 5. The summed E-state index contributed by atoms with van der Waals surface area (Å²) in [6.45, 7) is 6.03. The van der Waals surface area contributed by atoms with Crippen LogP contribution < -0.4 is 5.32 Å². The first-order chi connectivity index (χ1) is 16.7. The lowest BCUT2D eigenvalue weighted by atomic mass is 10.00. The number of ether oxygens (including phenoxy) is 1. The predicted molar refractivity (Wildman–Crippen MR) is 121 cm³/mol. The lowest BCUT2D eigenvalue weighted by molar-refractivity contribution is -0.137. The van der Waals surface area contributed by atoms with E-state index in [0.717, 1.165) is 64.6 Å². The Kier molecular flexibility index (Phi) is 6.69. The standard InChI is InChI=1S/C25H29F5N4O/c1-14-2-3-19(23(27)22(14)26)21-10-20(25(28,29)30)24(33-32-21)31-18-8-16-12-34(13-17(16)9-18)11-15-4-6-35-7-5-15/h2-3,10,15-18H,4-9,11-13H2,1H3,(H,31,33)/t16-,17+,18?. The van der Waals surface area contributed by atoms with E-state index >= 15 is 0 Å². The minimum Gasteiger partial charge on any atom is -0.381 e. The summed E-state index contributed by atoms with van der Waals surface area (Å²) in [7, 11) is 0. The molecule has 1 N–H and O–H groups in total. The van der Waals surface area contributed by atoms with Crippen molar-refractivity contribution in [2.24, 2.45) is 17.8 Å². The van der Waals surface area contributed by atoms with E-state index in [4.69, 9.17) is 4.74 Å². The maximum Gasteiger partial charge on any atom is 0.420 e. The van der Waals surface area contributed by atoms with Crippen molar-refractivity contribution in [2.75, 3.05) is 38.2 Å². The van der Waals surface area contributed by atoms with Gasteiger partial charge in [0.05, 0.1) is 5.69 Å². The molecule has 3 fully saturated rings. The third kappa shape index (κ3) is 5.14. The second-order valence-electron chi connectivity index (χ2n) is 10.2. The van der Waals surface area contributed by atoms with E-state index in [1.807, 2.05) is 0 Å². The number of halogens is 5. The lowest BCUT2D eigenvalue weighted by Gasteiger charge is -2.28. The van der Waals surface area contributed by atoms with Gasteiger partial charge in [-0.05, 0) is 68.1 Å². The molecule has 5 rings (SSSR count). The molecule has 0 amide bonds. The Morgan fingerprint density at radius 1 is 1.03 bits per heavy atom. The number of alkyl halides is 3. The van der Waals surface area contributed by atoms with Crippen LogP contribution >= 0.6 is 0 Å². The van der Waals surface area contributed by atoms with Gasteiger partial charge in [-0.2, -0.15) is 13.2 Å².